The van der Waals surface area contributed by atoms with E-state index in [4.69, 9.17) is 0 Å². The van der Waals surface area contributed by atoms with Gasteiger partial charge in [0.15, 0.2) is 4.34 Å². The third-order valence-electron chi connectivity index (χ3n) is 3.38. The Morgan fingerprint density at radius 2 is 2.00 bits per heavy atom. The number of nitrogens with zero attached hydrogens (tertiary/aromatic N) is 2. The number of para-hydroxylation sites is 1. The molecule has 146 valence electrons. The molecule has 0 bridgehead atoms. The number of anilines is 3. The van der Waals surface area contributed by atoms with E-state index in [9.17, 15) is 13.6 Å². The Morgan fingerprint density at radius 3 is 2.79 bits per heavy atom. The third kappa shape index (κ3) is 6.18. The molecule has 2 aromatic carbocycles. The summed E-state index contributed by atoms with van der Waals surface area (Å²) in [4.78, 5) is 12.5. The molecule has 0 aliphatic heterocycles. The predicted molar refractivity (Wildman–Crippen MR) is 112 cm³/mol. The van der Waals surface area contributed by atoms with Crippen LogP contribution < -0.4 is 10.6 Å². The van der Waals surface area contributed by atoms with Crippen molar-refractivity contribution in [3.8, 4) is 0 Å². The zero-order chi connectivity index (χ0) is 19.9. The van der Waals surface area contributed by atoms with Crippen LogP contribution in [0.25, 0.3) is 0 Å². The summed E-state index contributed by atoms with van der Waals surface area (Å²) < 4.78 is 25.9. The smallest absolute Gasteiger partial charge is 0.288 e. The Kier molecular flexibility index (Phi) is 7.24. The fraction of sp³-hybridized carbons (Fsp3) is 0.167. The summed E-state index contributed by atoms with van der Waals surface area (Å²) in [5.41, 5.74) is 2.42. The van der Waals surface area contributed by atoms with Crippen LogP contribution in [-0.4, -0.2) is 27.6 Å². The monoisotopic (exact) mass is 438 g/mol. The minimum absolute atomic E-state index is 0.104. The number of hydrogen-bond donors (Lipinski definition) is 2. The molecule has 0 fully saturated rings. The van der Waals surface area contributed by atoms with Gasteiger partial charge >= 0.3 is 0 Å². The second-order valence-electron chi connectivity index (χ2n) is 5.58. The molecule has 10 heteroatoms. The van der Waals surface area contributed by atoms with E-state index in [1.165, 1.54) is 23.1 Å². The predicted octanol–water partition coefficient (Wildman–Crippen LogP) is 5.64. The number of aryl methyl sites for hydroxylation is 1. The average molecular weight is 439 g/mol. The lowest BCUT2D eigenvalue weighted by molar-refractivity contribution is -0.113. The number of carbonyl (C=O) groups is 1. The van der Waals surface area contributed by atoms with Gasteiger partial charge in [0.1, 0.15) is 0 Å². The molecule has 0 spiro atoms. The van der Waals surface area contributed by atoms with Crippen LogP contribution in [0.3, 0.4) is 0 Å². The van der Waals surface area contributed by atoms with Gasteiger partial charge in [-0.05, 0) is 36.8 Å². The summed E-state index contributed by atoms with van der Waals surface area (Å²) in [6, 6.07) is 14.4. The van der Waals surface area contributed by atoms with Crippen LogP contribution in [0, 0.1) is 6.92 Å². The summed E-state index contributed by atoms with van der Waals surface area (Å²) >= 11 is 2.98. The van der Waals surface area contributed by atoms with Crippen molar-refractivity contribution in [1.82, 2.24) is 10.2 Å². The van der Waals surface area contributed by atoms with Gasteiger partial charge < -0.3 is 10.6 Å². The normalized spacial score (nSPS) is 10.9. The number of nitrogens with one attached hydrogen (secondary N) is 2. The Balaban J connectivity index is 1.54. The fourth-order valence-electron chi connectivity index (χ4n) is 2.25. The van der Waals surface area contributed by atoms with Gasteiger partial charge in [-0.15, -0.1) is 10.2 Å². The number of aromatic nitrogens is 2. The molecule has 0 aliphatic rings. The number of rotatable bonds is 8. The standard InChI is InChI=1S/C18H16F2N4OS3/c1-11-5-4-6-12(9-11)21-17-23-24-18(28-17)26-10-15(25)22-13-7-2-3-8-14(13)27-16(19)20/h2-9,16H,10H2,1H3,(H,21,23)(H,22,25). The van der Waals surface area contributed by atoms with Crippen molar-refractivity contribution in [3.05, 3.63) is 54.1 Å². The zero-order valence-corrected chi connectivity index (χ0v) is 17.1. The van der Waals surface area contributed by atoms with Crippen LogP contribution in [-0.2, 0) is 4.79 Å². The van der Waals surface area contributed by atoms with Gasteiger partial charge in [-0.25, -0.2) is 0 Å². The molecule has 0 atom stereocenters. The topological polar surface area (TPSA) is 66.9 Å². The Labute approximate surface area is 173 Å². The molecule has 1 aromatic heterocycles. The number of hydrogen-bond acceptors (Lipinski definition) is 7. The van der Waals surface area contributed by atoms with Gasteiger partial charge in [-0.3, -0.25) is 4.79 Å². The lowest BCUT2D eigenvalue weighted by Crippen LogP contribution is -2.14. The molecule has 1 heterocycles. The zero-order valence-electron chi connectivity index (χ0n) is 14.7. The molecule has 0 aliphatic carbocycles. The second-order valence-corrected chi connectivity index (χ2v) is 8.81. The lowest BCUT2D eigenvalue weighted by atomic mass is 10.2. The van der Waals surface area contributed by atoms with Crippen LogP contribution in [0.2, 0.25) is 0 Å². The first-order valence-electron chi connectivity index (χ1n) is 8.13. The van der Waals surface area contributed by atoms with E-state index in [1.807, 2.05) is 31.2 Å². The summed E-state index contributed by atoms with van der Waals surface area (Å²) in [7, 11) is 0. The van der Waals surface area contributed by atoms with Crippen molar-refractivity contribution in [2.45, 2.75) is 21.9 Å². The minimum atomic E-state index is -2.55. The number of thioether (sulfide) groups is 2. The molecule has 0 unspecified atom stereocenters. The average Bonchev–Trinajstić information content (AvgIpc) is 3.09. The molecule has 0 saturated heterocycles. The SMILES string of the molecule is Cc1cccc(Nc2nnc(SCC(=O)Nc3ccccc3SC(F)F)s2)c1. The van der Waals surface area contributed by atoms with E-state index in [-0.39, 0.29) is 11.7 Å². The number of halogens is 2. The minimum Gasteiger partial charge on any atom is -0.330 e. The Hall–Kier alpha value is -2.17. The van der Waals surface area contributed by atoms with Gasteiger partial charge in [0, 0.05) is 10.6 Å². The quantitative estimate of drug-likeness (QED) is 0.444. The summed E-state index contributed by atoms with van der Waals surface area (Å²) in [5.74, 6) is -2.74. The first-order chi connectivity index (χ1) is 13.5. The second kappa shape index (κ2) is 9.85. The van der Waals surface area contributed by atoms with E-state index in [1.54, 1.807) is 24.3 Å². The van der Waals surface area contributed by atoms with E-state index < -0.39 is 5.76 Å². The molecule has 1 amide bonds. The fourth-order valence-corrected chi connectivity index (χ4v) is 4.41. The highest BCUT2D eigenvalue weighted by Crippen LogP contribution is 2.32. The number of benzene rings is 2. The van der Waals surface area contributed by atoms with Crippen LogP contribution >= 0.6 is 34.9 Å². The highest BCUT2D eigenvalue weighted by atomic mass is 32.2. The lowest BCUT2D eigenvalue weighted by Gasteiger charge is -2.09. The summed E-state index contributed by atoms with van der Waals surface area (Å²) in [6.45, 7) is 2.00. The maximum atomic E-state index is 12.6. The first kappa shape index (κ1) is 20.6. The first-order valence-corrected chi connectivity index (χ1v) is 10.8. The number of carbonyl (C=O) groups excluding carboxylic acids is 1. The van der Waals surface area contributed by atoms with E-state index >= 15 is 0 Å². The molecular formula is C18H16F2N4OS3. The van der Waals surface area contributed by atoms with Gasteiger partial charge in [0.25, 0.3) is 5.76 Å². The highest BCUT2D eigenvalue weighted by Gasteiger charge is 2.13. The van der Waals surface area contributed by atoms with Crippen LogP contribution in [0.15, 0.2) is 57.8 Å². The van der Waals surface area contributed by atoms with Crippen molar-refractivity contribution in [2.75, 3.05) is 16.4 Å². The van der Waals surface area contributed by atoms with E-state index in [0.29, 0.717) is 31.8 Å². The molecule has 0 saturated carbocycles. The molecule has 3 aromatic rings. The van der Waals surface area contributed by atoms with Crippen molar-refractivity contribution in [3.63, 3.8) is 0 Å². The maximum absolute atomic E-state index is 12.6. The summed E-state index contributed by atoms with van der Waals surface area (Å²) in [5, 5.41) is 14.6. The molecule has 28 heavy (non-hydrogen) atoms. The largest absolute Gasteiger partial charge is 0.330 e. The molecule has 3 rings (SSSR count). The van der Waals surface area contributed by atoms with E-state index in [2.05, 4.69) is 20.8 Å². The van der Waals surface area contributed by atoms with Crippen molar-refractivity contribution in [1.29, 1.82) is 0 Å². The highest BCUT2D eigenvalue weighted by molar-refractivity contribution is 8.01. The summed E-state index contributed by atoms with van der Waals surface area (Å²) in [6.07, 6.45) is 0. The maximum Gasteiger partial charge on any atom is 0.288 e. The van der Waals surface area contributed by atoms with Crippen LogP contribution in [0.4, 0.5) is 25.3 Å². The Morgan fingerprint density at radius 1 is 1.18 bits per heavy atom. The number of amides is 1. The molecule has 2 N–H and O–H groups in total. The third-order valence-corrected chi connectivity index (χ3v) is 6.14. The Bertz CT molecular complexity index is 952. The van der Waals surface area contributed by atoms with Crippen LogP contribution in [0.5, 0.6) is 0 Å². The van der Waals surface area contributed by atoms with Crippen molar-refractivity contribution >= 4 is 57.3 Å². The van der Waals surface area contributed by atoms with Crippen molar-refractivity contribution in [2.24, 2.45) is 0 Å². The molecular weight excluding hydrogens is 422 g/mol. The van der Waals surface area contributed by atoms with Gasteiger partial charge in [0.05, 0.1) is 11.4 Å². The number of alkyl halides is 2. The van der Waals surface area contributed by atoms with Gasteiger partial charge in [-0.1, -0.05) is 59.1 Å². The van der Waals surface area contributed by atoms with Gasteiger partial charge in [0.2, 0.25) is 11.0 Å². The van der Waals surface area contributed by atoms with Crippen molar-refractivity contribution < 1.29 is 13.6 Å². The van der Waals surface area contributed by atoms with Crippen LogP contribution in [0.1, 0.15) is 5.56 Å². The van der Waals surface area contributed by atoms with E-state index in [0.717, 1.165) is 11.3 Å². The molecule has 0 radical (unpaired) electrons. The van der Waals surface area contributed by atoms with Gasteiger partial charge in [-0.2, -0.15) is 8.78 Å². The molecule has 5 nitrogen and oxygen atoms in total.